The van der Waals surface area contributed by atoms with E-state index in [0.29, 0.717) is 0 Å². The molecular formula is C28H15ClN2S2. The minimum Gasteiger partial charge on any atom is -0.217 e. The zero-order valence-corrected chi connectivity index (χ0v) is 19.6. The van der Waals surface area contributed by atoms with E-state index in [9.17, 15) is 0 Å². The maximum atomic E-state index is 6.37. The first kappa shape index (κ1) is 19.2. The van der Waals surface area contributed by atoms with Crippen LogP contribution in [0.2, 0.25) is 5.28 Å². The van der Waals surface area contributed by atoms with Crippen LogP contribution in [-0.4, -0.2) is 9.97 Å². The molecule has 156 valence electrons. The molecule has 0 radical (unpaired) electrons. The van der Waals surface area contributed by atoms with E-state index in [2.05, 4.69) is 101 Å². The van der Waals surface area contributed by atoms with Crippen LogP contribution in [0.3, 0.4) is 0 Å². The number of thiophene rings is 2. The molecule has 4 aromatic carbocycles. The van der Waals surface area contributed by atoms with Gasteiger partial charge in [-0.05, 0) is 40.9 Å². The molecule has 0 aliphatic heterocycles. The van der Waals surface area contributed by atoms with Crippen LogP contribution in [-0.2, 0) is 0 Å². The van der Waals surface area contributed by atoms with Crippen LogP contribution in [0.15, 0.2) is 91.0 Å². The molecule has 0 fully saturated rings. The fourth-order valence-electron chi connectivity index (χ4n) is 4.61. The number of hydrogen-bond donors (Lipinski definition) is 0. The zero-order chi connectivity index (χ0) is 21.9. The molecule has 7 aromatic rings. The predicted octanol–water partition coefficient (Wildman–Crippen LogP) is 9.20. The molecule has 0 aliphatic rings. The molecule has 3 aromatic heterocycles. The third-order valence-corrected chi connectivity index (χ3v) is 8.52. The lowest BCUT2D eigenvalue weighted by molar-refractivity contribution is 1.24. The zero-order valence-electron chi connectivity index (χ0n) is 17.2. The lowest BCUT2D eigenvalue weighted by Crippen LogP contribution is -1.90. The van der Waals surface area contributed by atoms with Gasteiger partial charge in [0.15, 0.2) is 0 Å². The molecule has 0 unspecified atom stereocenters. The lowest BCUT2D eigenvalue weighted by Gasteiger charge is -2.08. The number of benzene rings is 4. The number of fused-ring (bicyclic) bond motifs is 6. The summed E-state index contributed by atoms with van der Waals surface area (Å²) in [4.78, 5) is 10.1. The van der Waals surface area contributed by atoms with Gasteiger partial charge >= 0.3 is 0 Å². The van der Waals surface area contributed by atoms with Crippen molar-refractivity contribution in [1.82, 2.24) is 9.97 Å². The highest BCUT2D eigenvalue weighted by Crippen LogP contribution is 2.42. The van der Waals surface area contributed by atoms with Gasteiger partial charge in [0.05, 0.1) is 5.69 Å². The molecule has 0 atom stereocenters. The highest BCUT2D eigenvalue weighted by atomic mass is 35.5. The monoisotopic (exact) mass is 478 g/mol. The van der Waals surface area contributed by atoms with E-state index >= 15 is 0 Å². The van der Waals surface area contributed by atoms with E-state index < -0.39 is 0 Å². The van der Waals surface area contributed by atoms with Crippen molar-refractivity contribution in [2.24, 2.45) is 0 Å². The van der Waals surface area contributed by atoms with Crippen LogP contribution in [0.1, 0.15) is 0 Å². The summed E-state index contributed by atoms with van der Waals surface area (Å²) >= 11 is 9.87. The SMILES string of the molecule is Clc1nc(-c2cccc(-c3cccc4c3sc3ccccc34)c2)c2c(n1)sc1ccccc12. The van der Waals surface area contributed by atoms with Crippen LogP contribution in [0.25, 0.3) is 62.9 Å². The first-order chi connectivity index (χ1) is 16.3. The Morgan fingerprint density at radius 2 is 1.30 bits per heavy atom. The second kappa shape index (κ2) is 7.35. The molecule has 0 bridgehead atoms. The molecule has 0 N–H and O–H groups in total. The summed E-state index contributed by atoms with van der Waals surface area (Å²) in [5.41, 5.74) is 4.34. The normalized spacial score (nSPS) is 11.8. The topological polar surface area (TPSA) is 25.8 Å². The molecule has 33 heavy (non-hydrogen) atoms. The average molecular weight is 479 g/mol. The number of aromatic nitrogens is 2. The van der Waals surface area contributed by atoms with Gasteiger partial charge in [0.25, 0.3) is 0 Å². The summed E-state index contributed by atoms with van der Waals surface area (Å²) in [6.45, 7) is 0. The van der Waals surface area contributed by atoms with Gasteiger partial charge < -0.3 is 0 Å². The summed E-state index contributed by atoms with van der Waals surface area (Å²) in [5, 5.41) is 5.12. The number of hydrogen-bond acceptors (Lipinski definition) is 4. The fourth-order valence-corrected chi connectivity index (χ4v) is 7.15. The average Bonchev–Trinajstić information content (AvgIpc) is 3.41. The molecule has 2 nitrogen and oxygen atoms in total. The van der Waals surface area contributed by atoms with Crippen molar-refractivity contribution in [2.75, 3.05) is 0 Å². The van der Waals surface area contributed by atoms with Gasteiger partial charge in [-0.2, -0.15) is 0 Å². The second-order valence-corrected chi connectivity index (χ2v) is 10.4. The first-order valence-corrected chi connectivity index (χ1v) is 12.6. The quantitative estimate of drug-likeness (QED) is 0.231. The maximum absolute atomic E-state index is 6.37. The summed E-state index contributed by atoms with van der Waals surface area (Å²) in [7, 11) is 0. The maximum Gasteiger partial charge on any atom is 0.224 e. The van der Waals surface area contributed by atoms with E-state index in [-0.39, 0.29) is 5.28 Å². The van der Waals surface area contributed by atoms with Crippen LogP contribution in [0.4, 0.5) is 0 Å². The Labute approximate surface area is 202 Å². The Morgan fingerprint density at radius 3 is 2.18 bits per heavy atom. The highest BCUT2D eigenvalue weighted by Gasteiger charge is 2.16. The van der Waals surface area contributed by atoms with Crippen molar-refractivity contribution in [1.29, 1.82) is 0 Å². The highest BCUT2D eigenvalue weighted by molar-refractivity contribution is 7.26. The van der Waals surface area contributed by atoms with E-state index in [4.69, 9.17) is 11.6 Å². The third kappa shape index (κ3) is 2.99. The fraction of sp³-hybridized carbons (Fsp3) is 0. The van der Waals surface area contributed by atoms with E-state index in [0.717, 1.165) is 21.5 Å². The molecule has 0 amide bonds. The van der Waals surface area contributed by atoms with Crippen LogP contribution in [0.5, 0.6) is 0 Å². The third-order valence-electron chi connectivity index (χ3n) is 6.06. The number of rotatable bonds is 2. The van der Waals surface area contributed by atoms with Gasteiger partial charge in [0, 0.05) is 41.2 Å². The smallest absolute Gasteiger partial charge is 0.217 e. The Bertz CT molecular complexity index is 1850. The predicted molar refractivity (Wildman–Crippen MR) is 144 cm³/mol. The van der Waals surface area contributed by atoms with Crippen molar-refractivity contribution in [3.8, 4) is 22.4 Å². The van der Waals surface area contributed by atoms with Gasteiger partial charge in [-0.15, -0.1) is 22.7 Å². The van der Waals surface area contributed by atoms with Crippen LogP contribution < -0.4 is 0 Å². The second-order valence-electron chi connectivity index (χ2n) is 7.98. The minimum absolute atomic E-state index is 0.279. The van der Waals surface area contributed by atoms with Crippen molar-refractivity contribution in [3.63, 3.8) is 0 Å². The van der Waals surface area contributed by atoms with E-state index in [1.54, 1.807) is 11.3 Å². The summed E-state index contributed by atoms with van der Waals surface area (Å²) in [6.07, 6.45) is 0. The summed E-state index contributed by atoms with van der Waals surface area (Å²) < 4.78 is 3.81. The van der Waals surface area contributed by atoms with Crippen LogP contribution in [0, 0.1) is 0 Å². The van der Waals surface area contributed by atoms with Gasteiger partial charge in [-0.3, -0.25) is 0 Å². The standard InChI is InChI=1S/C28H15ClN2S2/c29-28-30-25(24-21-10-2-4-14-23(21)33-27(24)31-28)17-8-5-7-16(15-17)18-11-6-12-20-19-9-1-3-13-22(19)32-26(18)20/h1-15H. The van der Waals surface area contributed by atoms with Crippen molar-refractivity contribution in [3.05, 3.63) is 96.3 Å². The van der Waals surface area contributed by atoms with Crippen molar-refractivity contribution >= 4 is 74.7 Å². The number of halogens is 1. The molecule has 3 heterocycles. The Kier molecular flexibility index (Phi) is 4.28. The molecule has 0 spiro atoms. The van der Waals surface area contributed by atoms with Gasteiger partial charge in [-0.1, -0.05) is 72.8 Å². The van der Waals surface area contributed by atoms with Gasteiger partial charge in [-0.25, -0.2) is 9.97 Å². The Morgan fingerprint density at radius 1 is 0.606 bits per heavy atom. The van der Waals surface area contributed by atoms with E-state index in [1.165, 1.54) is 41.4 Å². The summed E-state index contributed by atoms with van der Waals surface area (Å²) in [5.74, 6) is 0. The molecule has 5 heteroatoms. The Hall–Kier alpha value is -3.31. The molecular weight excluding hydrogens is 464 g/mol. The van der Waals surface area contributed by atoms with Gasteiger partial charge in [0.2, 0.25) is 5.28 Å². The molecule has 0 saturated heterocycles. The van der Waals surface area contributed by atoms with Crippen molar-refractivity contribution in [2.45, 2.75) is 0 Å². The molecule has 0 aliphatic carbocycles. The molecule has 7 rings (SSSR count). The van der Waals surface area contributed by atoms with Crippen LogP contribution >= 0.6 is 34.3 Å². The summed E-state index contributed by atoms with van der Waals surface area (Å²) in [6, 6.07) is 32.2. The molecule has 0 saturated carbocycles. The largest absolute Gasteiger partial charge is 0.224 e. The van der Waals surface area contributed by atoms with E-state index in [1.807, 2.05) is 11.3 Å². The number of nitrogens with zero attached hydrogens (tertiary/aromatic N) is 2. The lowest BCUT2D eigenvalue weighted by atomic mass is 9.98. The minimum atomic E-state index is 0.279. The van der Waals surface area contributed by atoms with Crippen molar-refractivity contribution < 1.29 is 0 Å². The Balaban J connectivity index is 1.49. The first-order valence-electron chi connectivity index (χ1n) is 10.6. The van der Waals surface area contributed by atoms with Gasteiger partial charge in [0.1, 0.15) is 4.83 Å².